The Balaban J connectivity index is 1.31. The van der Waals surface area contributed by atoms with Crippen molar-refractivity contribution in [3.63, 3.8) is 0 Å². The smallest absolute Gasteiger partial charge is 0.119 e. The van der Waals surface area contributed by atoms with Crippen LogP contribution in [0.4, 0.5) is 0 Å². The zero-order chi connectivity index (χ0) is 16.8. The number of aliphatic hydroxyl groups excluding tert-OH is 1. The lowest BCUT2D eigenvalue weighted by molar-refractivity contribution is 0.0943. The Morgan fingerprint density at radius 2 is 1.96 bits per heavy atom. The number of benzene rings is 1. The van der Waals surface area contributed by atoms with Crippen LogP contribution in [0.1, 0.15) is 44.1 Å². The molecule has 0 radical (unpaired) electrons. The highest BCUT2D eigenvalue weighted by Gasteiger charge is 2.27. The largest absolute Gasteiger partial charge is 0.491 e. The van der Waals surface area contributed by atoms with Crippen LogP contribution in [0.25, 0.3) is 0 Å². The SMILES string of the molecule is Cc1cccc(OCC(O)CNC2CCN(C3CCCC3)CC2)c1. The first-order valence-corrected chi connectivity index (χ1v) is 9.55. The van der Waals surface area contributed by atoms with E-state index in [2.05, 4.69) is 10.2 Å². The van der Waals surface area contributed by atoms with Gasteiger partial charge in [0.05, 0.1) is 0 Å². The summed E-state index contributed by atoms with van der Waals surface area (Å²) in [7, 11) is 0. The highest BCUT2D eigenvalue weighted by molar-refractivity contribution is 5.27. The van der Waals surface area contributed by atoms with Gasteiger partial charge in [0.15, 0.2) is 0 Å². The zero-order valence-electron chi connectivity index (χ0n) is 14.9. The van der Waals surface area contributed by atoms with Gasteiger partial charge in [-0.2, -0.15) is 0 Å². The van der Waals surface area contributed by atoms with Gasteiger partial charge < -0.3 is 20.1 Å². The predicted octanol–water partition coefficient (Wildman–Crippen LogP) is 2.73. The summed E-state index contributed by atoms with van der Waals surface area (Å²) in [6.45, 7) is 5.41. The number of likely N-dealkylation sites (tertiary alicyclic amines) is 1. The molecule has 1 atom stereocenters. The van der Waals surface area contributed by atoms with E-state index in [1.165, 1.54) is 57.2 Å². The Morgan fingerprint density at radius 1 is 1.21 bits per heavy atom. The van der Waals surface area contributed by atoms with E-state index < -0.39 is 6.10 Å². The van der Waals surface area contributed by atoms with E-state index in [9.17, 15) is 5.11 Å². The molecule has 2 aliphatic rings. The minimum atomic E-state index is -0.460. The number of hydrogen-bond acceptors (Lipinski definition) is 4. The summed E-state index contributed by atoms with van der Waals surface area (Å²) in [6.07, 6.45) is 7.55. The van der Waals surface area contributed by atoms with E-state index in [1.54, 1.807) is 0 Å². The van der Waals surface area contributed by atoms with E-state index in [4.69, 9.17) is 4.74 Å². The van der Waals surface area contributed by atoms with Gasteiger partial charge in [0.1, 0.15) is 18.5 Å². The van der Waals surface area contributed by atoms with Crippen LogP contribution in [0.3, 0.4) is 0 Å². The first-order valence-electron chi connectivity index (χ1n) is 9.55. The second kappa shape index (κ2) is 8.84. The van der Waals surface area contributed by atoms with Crippen LogP contribution in [0.2, 0.25) is 0 Å². The van der Waals surface area contributed by atoms with Crippen molar-refractivity contribution in [1.29, 1.82) is 0 Å². The molecule has 1 saturated carbocycles. The third-order valence-electron chi connectivity index (χ3n) is 5.44. The van der Waals surface area contributed by atoms with Crippen LogP contribution in [-0.2, 0) is 0 Å². The third kappa shape index (κ3) is 5.20. The Hall–Kier alpha value is -1.10. The molecule has 1 aliphatic heterocycles. The molecular weight excluding hydrogens is 300 g/mol. The molecule has 2 N–H and O–H groups in total. The fourth-order valence-electron chi connectivity index (χ4n) is 4.00. The van der Waals surface area contributed by atoms with Crippen LogP contribution >= 0.6 is 0 Å². The second-order valence-electron chi connectivity index (χ2n) is 7.44. The fourth-order valence-corrected chi connectivity index (χ4v) is 4.00. The minimum Gasteiger partial charge on any atom is -0.491 e. The molecule has 2 fully saturated rings. The summed E-state index contributed by atoms with van der Waals surface area (Å²) >= 11 is 0. The molecule has 0 bridgehead atoms. The van der Waals surface area contributed by atoms with E-state index in [0.29, 0.717) is 19.2 Å². The maximum absolute atomic E-state index is 10.1. The number of nitrogens with one attached hydrogen (secondary N) is 1. The summed E-state index contributed by atoms with van der Waals surface area (Å²) in [6, 6.07) is 9.34. The van der Waals surface area contributed by atoms with Crippen LogP contribution in [0.5, 0.6) is 5.75 Å². The molecule has 0 aromatic heterocycles. The lowest BCUT2D eigenvalue weighted by Crippen LogP contribution is -2.47. The van der Waals surface area contributed by atoms with Gasteiger partial charge in [-0.25, -0.2) is 0 Å². The Kier molecular flexibility index (Phi) is 6.52. The van der Waals surface area contributed by atoms with Crippen LogP contribution in [0, 0.1) is 6.92 Å². The lowest BCUT2D eigenvalue weighted by Gasteiger charge is -2.36. The van der Waals surface area contributed by atoms with Crippen molar-refractivity contribution in [3.05, 3.63) is 29.8 Å². The normalized spacial score (nSPS) is 21.9. The lowest BCUT2D eigenvalue weighted by atomic mass is 10.0. The Labute approximate surface area is 146 Å². The molecule has 1 aromatic rings. The Morgan fingerprint density at radius 3 is 2.67 bits per heavy atom. The van der Waals surface area contributed by atoms with Crippen molar-refractivity contribution in [3.8, 4) is 5.75 Å². The number of piperidine rings is 1. The molecule has 4 nitrogen and oxygen atoms in total. The van der Waals surface area contributed by atoms with Crippen molar-refractivity contribution >= 4 is 0 Å². The van der Waals surface area contributed by atoms with Crippen LogP contribution < -0.4 is 10.1 Å². The highest BCUT2D eigenvalue weighted by atomic mass is 16.5. The molecule has 24 heavy (non-hydrogen) atoms. The molecule has 134 valence electrons. The minimum absolute atomic E-state index is 0.345. The molecule has 0 amide bonds. The van der Waals surface area contributed by atoms with Gasteiger partial charge in [0.25, 0.3) is 0 Å². The van der Waals surface area contributed by atoms with Crippen molar-refractivity contribution in [1.82, 2.24) is 10.2 Å². The average molecular weight is 332 g/mol. The molecule has 1 heterocycles. The van der Waals surface area contributed by atoms with Crippen LogP contribution in [-0.4, -0.2) is 54.4 Å². The molecule has 1 aromatic carbocycles. The quantitative estimate of drug-likeness (QED) is 0.806. The highest BCUT2D eigenvalue weighted by Crippen LogP contribution is 2.26. The van der Waals surface area contributed by atoms with Crippen molar-refractivity contribution in [2.45, 2.75) is 63.6 Å². The van der Waals surface area contributed by atoms with Gasteiger partial charge in [0, 0.05) is 18.6 Å². The summed E-state index contributed by atoms with van der Waals surface area (Å²) < 4.78 is 5.67. The van der Waals surface area contributed by atoms with Gasteiger partial charge in [-0.05, 0) is 63.4 Å². The standard InChI is InChI=1S/C20H32N2O2/c1-16-5-4-8-20(13-16)24-15-19(23)14-21-17-9-11-22(12-10-17)18-6-2-3-7-18/h4-5,8,13,17-19,21,23H,2-3,6-7,9-12,14-15H2,1H3. The maximum Gasteiger partial charge on any atom is 0.119 e. The molecule has 1 saturated heterocycles. The van der Waals surface area contributed by atoms with Crippen LogP contribution in [0.15, 0.2) is 24.3 Å². The molecular formula is C20H32N2O2. The maximum atomic E-state index is 10.1. The number of rotatable bonds is 7. The van der Waals surface area contributed by atoms with Crippen molar-refractivity contribution < 1.29 is 9.84 Å². The third-order valence-corrected chi connectivity index (χ3v) is 5.44. The monoisotopic (exact) mass is 332 g/mol. The summed E-state index contributed by atoms with van der Waals surface area (Å²) in [5, 5.41) is 13.7. The second-order valence-corrected chi connectivity index (χ2v) is 7.44. The number of aryl methyl sites for hydroxylation is 1. The van der Waals surface area contributed by atoms with E-state index in [-0.39, 0.29) is 0 Å². The van der Waals surface area contributed by atoms with E-state index >= 15 is 0 Å². The summed E-state index contributed by atoms with van der Waals surface area (Å²) in [5.41, 5.74) is 1.18. The zero-order valence-corrected chi connectivity index (χ0v) is 14.9. The average Bonchev–Trinajstić information content (AvgIpc) is 3.13. The van der Waals surface area contributed by atoms with Crippen molar-refractivity contribution in [2.75, 3.05) is 26.2 Å². The molecule has 1 aliphatic carbocycles. The predicted molar refractivity (Wildman–Crippen MR) is 97.5 cm³/mol. The van der Waals surface area contributed by atoms with Gasteiger partial charge in [-0.3, -0.25) is 0 Å². The number of nitrogens with zero attached hydrogens (tertiary/aromatic N) is 1. The molecule has 3 rings (SSSR count). The summed E-state index contributed by atoms with van der Waals surface area (Å²) in [5.74, 6) is 0.832. The molecule has 0 spiro atoms. The number of hydrogen-bond donors (Lipinski definition) is 2. The Bertz CT molecular complexity index is 494. The van der Waals surface area contributed by atoms with Gasteiger partial charge >= 0.3 is 0 Å². The molecule has 1 unspecified atom stereocenters. The summed E-state index contributed by atoms with van der Waals surface area (Å²) in [4.78, 5) is 2.68. The van der Waals surface area contributed by atoms with Gasteiger partial charge in [0.2, 0.25) is 0 Å². The van der Waals surface area contributed by atoms with E-state index in [1.807, 2.05) is 31.2 Å². The molecule has 4 heteroatoms. The fraction of sp³-hybridized carbons (Fsp3) is 0.700. The first-order chi connectivity index (χ1) is 11.7. The van der Waals surface area contributed by atoms with Gasteiger partial charge in [-0.1, -0.05) is 25.0 Å². The first kappa shape index (κ1) is 17.7. The van der Waals surface area contributed by atoms with E-state index in [0.717, 1.165) is 11.8 Å². The number of aliphatic hydroxyl groups is 1. The topological polar surface area (TPSA) is 44.7 Å². The number of ether oxygens (including phenoxy) is 1. The van der Waals surface area contributed by atoms with Crippen molar-refractivity contribution in [2.24, 2.45) is 0 Å². The van der Waals surface area contributed by atoms with Gasteiger partial charge in [-0.15, -0.1) is 0 Å².